The normalized spacial score (nSPS) is 12.3. The first-order valence-electron chi connectivity index (χ1n) is 6.63. The van der Waals surface area contributed by atoms with E-state index < -0.39 is 28.5 Å². The molecule has 1 atom stereocenters. The van der Waals surface area contributed by atoms with Crippen LogP contribution in [0.3, 0.4) is 0 Å². The van der Waals surface area contributed by atoms with Crippen LogP contribution < -0.4 is 10.6 Å². The van der Waals surface area contributed by atoms with Gasteiger partial charge in [-0.15, -0.1) is 0 Å². The second-order valence-electron chi connectivity index (χ2n) is 5.87. The van der Waals surface area contributed by atoms with Crippen LogP contribution in [-0.4, -0.2) is 33.6 Å². The number of carbonyl (C=O) groups excluding carboxylic acids is 1. The molecule has 120 valence electrons. The summed E-state index contributed by atoms with van der Waals surface area (Å²) in [5.74, 6) is -0.451. The molecule has 8 nitrogen and oxygen atoms in total. The van der Waals surface area contributed by atoms with Crippen LogP contribution in [0.25, 0.3) is 0 Å². The minimum absolute atomic E-state index is 0.0642. The summed E-state index contributed by atoms with van der Waals surface area (Å²) in [6.07, 6.45) is -1.21. The van der Waals surface area contributed by atoms with Crippen molar-refractivity contribution in [3.63, 3.8) is 0 Å². The van der Waals surface area contributed by atoms with Gasteiger partial charge in [0.1, 0.15) is 6.04 Å². The summed E-state index contributed by atoms with van der Waals surface area (Å²) in [6, 6.07) is 4.65. The minimum atomic E-state index is -1.31. The summed E-state index contributed by atoms with van der Waals surface area (Å²) in [4.78, 5) is 33.0. The van der Waals surface area contributed by atoms with Crippen LogP contribution >= 0.6 is 0 Å². The van der Waals surface area contributed by atoms with E-state index in [0.29, 0.717) is 5.56 Å². The van der Waals surface area contributed by atoms with Gasteiger partial charge < -0.3 is 15.7 Å². The number of nitrogens with one attached hydrogen (secondary N) is 2. The zero-order valence-corrected chi connectivity index (χ0v) is 12.6. The number of hydrogen-bond donors (Lipinski definition) is 3. The Bertz CT molecular complexity index is 563. The number of non-ortho nitro benzene ring substituents is 1. The monoisotopic (exact) mass is 309 g/mol. The Balaban J connectivity index is 2.86. The SMILES string of the molecule is CC(C)(C)NC(=O)[C@H](Cc1ccc([N+](=O)[O-])cc1)NC(=O)O. The first-order chi connectivity index (χ1) is 10.1. The molecular weight excluding hydrogens is 290 g/mol. The zero-order chi connectivity index (χ0) is 16.9. The number of benzene rings is 1. The molecule has 0 aliphatic rings. The predicted octanol–water partition coefficient (Wildman–Crippen LogP) is 1.69. The summed E-state index contributed by atoms with van der Waals surface area (Å²) in [5, 5.41) is 24.3. The van der Waals surface area contributed by atoms with Crippen LogP contribution in [0.1, 0.15) is 26.3 Å². The van der Waals surface area contributed by atoms with E-state index in [4.69, 9.17) is 5.11 Å². The second-order valence-corrected chi connectivity index (χ2v) is 5.87. The van der Waals surface area contributed by atoms with Gasteiger partial charge in [-0.2, -0.15) is 0 Å². The van der Waals surface area contributed by atoms with Gasteiger partial charge in [-0.25, -0.2) is 4.79 Å². The summed E-state index contributed by atoms with van der Waals surface area (Å²) in [6.45, 7) is 5.36. The number of carboxylic acid groups (broad SMARTS) is 1. The fourth-order valence-electron chi connectivity index (χ4n) is 1.80. The Morgan fingerprint density at radius 1 is 1.27 bits per heavy atom. The van der Waals surface area contributed by atoms with Gasteiger partial charge in [0.25, 0.3) is 5.69 Å². The van der Waals surface area contributed by atoms with Crippen molar-refractivity contribution in [2.45, 2.75) is 38.8 Å². The Hall–Kier alpha value is -2.64. The van der Waals surface area contributed by atoms with Crippen molar-refractivity contribution in [3.05, 3.63) is 39.9 Å². The molecule has 0 heterocycles. The maximum Gasteiger partial charge on any atom is 0.405 e. The molecule has 0 radical (unpaired) electrons. The van der Waals surface area contributed by atoms with Crippen LogP contribution in [0.15, 0.2) is 24.3 Å². The zero-order valence-electron chi connectivity index (χ0n) is 12.6. The molecule has 0 spiro atoms. The molecule has 22 heavy (non-hydrogen) atoms. The van der Waals surface area contributed by atoms with E-state index in [2.05, 4.69) is 10.6 Å². The first-order valence-corrected chi connectivity index (χ1v) is 6.63. The van der Waals surface area contributed by atoms with Crippen molar-refractivity contribution >= 4 is 17.7 Å². The Labute approximate surface area is 127 Å². The molecule has 3 N–H and O–H groups in total. The van der Waals surface area contributed by atoms with Crippen molar-refractivity contribution in [2.24, 2.45) is 0 Å². The van der Waals surface area contributed by atoms with Crippen LogP contribution in [0.2, 0.25) is 0 Å². The maximum absolute atomic E-state index is 12.1. The van der Waals surface area contributed by atoms with E-state index in [0.717, 1.165) is 0 Å². The fraction of sp³-hybridized carbons (Fsp3) is 0.429. The number of nitro benzene ring substituents is 1. The van der Waals surface area contributed by atoms with Crippen molar-refractivity contribution in [1.82, 2.24) is 10.6 Å². The van der Waals surface area contributed by atoms with Crippen LogP contribution in [0, 0.1) is 10.1 Å². The van der Waals surface area contributed by atoms with Crippen molar-refractivity contribution in [1.29, 1.82) is 0 Å². The van der Waals surface area contributed by atoms with Gasteiger partial charge in [-0.05, 0) is 26.3 Å². The average Bonchev–Trinajstić information content (AvgIpc) is 2.36. The smallest absolute Gasteiger partial charge is 0.405 e. The summed E-state index contributed by atoms with van der Waals surface area (Å²) in [7, 11) is 0. The first kappa shape index (κ1) is 17.4. The highest BCUT2D eigenvalue weighted by Crippen LogP contribution is 2.13. The highest BCUT2D eigenvalue weighted by Gasteiger charge is 2.24. The molecule has 0 aromatic heterocycles. The fourth-order valence-corrected chi connectivity index (χ4v) is 1.80. The molecule has 2 amide bonds. The molecule has 0 unspecified atom stereocenters. The molecule has 0 fully saturated rings. The number of amides is 2. The lowest BCUT2D eigenvalue weighted by Crippen LogP contribution is -2.52. The largest absolute Gasteiger partial charge is 0.465 e. The van der Waals surface area contributed by atoms with Crippen molar-refractivity contribution in [2.75, 3.05) is 0 Å². The third-order valence-corrected chi connectivity index (χ3v) is 2.70. The van der Waals surface area contributed by atoms with Gasteiger partial charge in [0, 0.05) is 24.1 Å². The average molecular weight is 309 g/mol. The third-order valence-electron chi connectivity index (χ3n) is 2.70. The number of nitrogens with zero attached hydrogens (tertiary/aromatic N) is 1. The van der Waals surface area contributed by atoms with Gasteiger partial charge in [-0.3, -0.25) is 14.9 Å². The molecular formula is C14H19N3O5. The lowest BCUT2D eigenvalue weighted by Gasteiger charge is -2.25. The number of nitro groups is 1. The molecule has 1 aromatic rings. The predicted molar refractivity (Wildman–Crippen MR) is 79.6 cm³/mol. The molecule has 1 aromatic carbocycles. The maximum atomic E-state index is 12.1. The van der Waals surface area contributed by atoms with E-state index in [1.165, 1.54) is 24.3 Å². The van der Waals surface area contributed by atoms with Gasteiger partial charge in [0.2, 0.25) is 5.91 Å². The minimum Gasteiger partial charge on any atom is -0.465 e. The summed E-state index contributed by atoms with van der Waals surface area (Å²) >= 11 is 0. The van der Waals surface area contributed by atoms with Gasteiger partial charge in [0.15, 0.2) is 0 Å². The standard InChI is InChI=1S/C14H19N3O5/c1-14(2,3)16-12(18)11(15-13(19)20)8-9-4-6-10(7-5-9)17(21)22/h4-7,11,15H,8H2,1-3H3,(H,16,18)(H,19,20)/t11-/m0/s1. The molecule has 0 saturated carbocycles. The van der Waals surface area contributed by atoms with Crippen LogP contribution in [0.4, 0.5) is 10.5 Å². The molecule has 1 rings (SSSR count). The molecule has 8 heteroatoms. The highest BCUT2D eigenvalue weighted by molar-refractivity contribution is 5.86. The lowest BCUT2D eigenvalue weighted by molar-refractivity contribution is -0.384. The van der Waals surface area contributed by atoms with Gasteiger partial charge >= 0.3 is 6.09 Å². The highest BCUT2D eigenvalue weighted by atomic mass is 16.6. The van der Waals surface area contributed by atoms with E-state index >= 15 is 0 Å². The van der Waals surface area contributed by atoms with Crippen molar-refractivity contribution in [3.8, 4) is 0 Å². The molecule has 0 saturated heterocycles. The quantitative estimate of drug-likeness (QED) is 0.564. The Morgan fingerprint density at radius 2 is 1.82 bits per heavy atom. The molecule has 0 aliphatic carbocycles. The van der Waals surface area contributed by atoms with E-state index in [-0.39, 0.29) is 12.1 Å². The Morgan fingerprint density at radius 3 is 2.23 bits per heavy atom. The van der Waals surface area contributed by atoms with Gasteiger partial charge in [0.05, 0.1) is 4.92 Å². The van der Waals surface area contributed by atoms with E-state index in [1.54, 1.807) is 20.8 Å². The van der Waals surface area contributed by atoms with Crippen LogP contribution in [-0.2, 0) is 11.2 Å². The second kappa shape index (κ2) is 6.88. The van der Waals surface area contributed by atoms with Crippen molar-refractivity contribution < 1.29 is 19.6 Å². The van der Waals surface area contributed by atoms with E-state index in [9.17, 15) is 19.7 Å². The molecule has 0 bridgehead atoms. The van der Waals surface area contributed by atoms with Crippen LogP contribution in [0.5, 0.6) is 0 Å². The topological polar surface area (TPSA) is 122 Å². The Kier molecular flexibility index (Phi) is 5.44. The summed E-state index contributed by atoms with van der Waals surface area (Å²) < 4.78 is 0. The number of rotatable bonds is 5. The number of carbonyl (C=O) groups is 2. The third kappa shape index (κ3) is 5.78. The van der Waals surface area contributed by atoms with E-state index in [1.807, 2.05) is 0 Å². The molecule has 0 aliphatic heterocycles. The van der Waals surface area contributed by atoms with Gasteiger partial charge in [-0.1, -0.05) is 12.1 Å². The summed E-state index contributed by atoms with van der Waals surface area (Å²) in [5.41, 5.74) is 0.0596. The lowest BCUT2D eigenvalue weighted by atomic mass is 10.0. The number of hydrogen-bond acceptors (Lipinski definition) is 4.